The molecule has 0 bridgehead atoms. The fourth-order valence-electron chi connectivity index (χ4n) is 2.68. The fourth-order valence-corrected chi connectivity index (χ4v) is 4.66. The van der Waals surface area contributed by atoms with Gasteiger partial charge in [0.25, 0.3) is 15.9 Å². The second-order valence-corrected chi connectivity index (χ2v) is 9.33. The summed E-state index contributed by atoms with van der Waals surface area (Å²) in [5.74, 6) is -0.269. The first kappa shape index (κ1) is 23.2. The normalized spacial score (nSPS) is 11.5. The molecule has 31 heavy (non-hydrogen) atoms. The predicted molar refractivity (Wildman–Crippen MR) is 125 cm³/mol. The quantitative estimate of drug-likeness (QED) is 0.387. The molecular formula is C22H16Cl3NO4S. The molecule has 0 unspecified atom stereocenters. The van der Waals surface area contributed by atoms with Gasteiger partial charge in [0.05, 0.1) is 17.7 Å². The lowest BCUT2D eigenvalue weighted by atomic mass is 10.2. The van der Waals surface area contributed by atoms with Crippen LogP contribution >= 0.6 is 34.8 Å². The Labute approximate surface area is 195 Å². The molecule has 3 aromatic rings. The SMILES string of the molecule is COc1ccc(N(C(=O)/C=C/c2ccc(Cl)cc2Cl)S(=O)(=O)c2ccc(Cl)cc2)cc1. The minimum absolute atomic E-state index is 0.0843. The number of carbonyl (C=O) groups excluding carboxylic acids is 1. The summed E-state index contributed by atoms with van der Waals surface area (Å²) in [5.41, 5.74) is 0.658. The van der Waals surface area contributed by atoms with Gasteiger partial charge in [-0.3, -0.25) is 4.79 Å². The highest BCUT2D eigenvalue weighted by molar-refractivity contribution is 7.93. The number of halogens is 3. The molecule has 0 heterocycles. The van der Waals surface area contributed by atoms with Crippen molar-refractivity contribution >= 4 is 62.5 Å². The molecule has 0 saturated carbocycles. The van der Waals surface area contributed by atoms with Crippen molar-refractivity contribution in [1.82, 2.24) is 0 Å². The van der Waals surface area contributed by atoms with Crippen LogP contribution in [0.15, 0.2) is 77.7 Å². The summed E-state index contributed by atoms with van der Waals surface area (Å²) in [5, 5.41) is 1.14. The van der Waals surface area contributed by atoms with E-state index in [1.165, 1.54) is 55.7 Å². The number of anilines is 1. The molecule has 0 atom stereocenters. The van der Waals surface area contributed by atoms with Crippen LogP contribution < -0.4 is 9.04 Å². The van der Waals surface area contributed by atoms with Crippen molar-refractivity contribution < 1.29 is 17.9 Å². The fraction of sp³-hybridized carbons (Fsp3) is 0.0455. The van der Waals surface area contributed by atoms with Gasteiger partial charge in [0.2, 0.25) is 0 Å². The number of hydrogen-bond acceptors (Lipinski definition) is 4. The van der Waals surface area contributed by atoms with Gasteiger partial charge in [-0.05, 0) is 72.3 Å². The zero-order valence-electron chi connectivity index (χ0n) is 16.1. The number of rotatable bonds is 6. The third-order valence-electron chi connectivity index (χ3n) is 4.23. The first-order valence-corrected chi connectivity index (χ1v) is 11.4. The van der Waals surface area contributed by atoms with E-state index in [4.69, 9.17) is 39.5 Å². The predicted octanol–water partition coefficient (Wildman–Crippen LogP) is 6.09. The molecule has 5 nitrogen and oxygen atoms in total. The number of ether oxygens (including phenoxy) is 1. The van der Waals surface area contributed by atoms with Gasteiger partial charge in [0.1, 0.15) is 5.75 Å². The van der Waals surface area contributed by atoms with Gasteiger partial charge in [-0.15, -0.1) is 0 Å². The van der Waals surface area contributed by atoms with E-state index in [1.54, 1.807) is 24.3 Å². The Kier molecular flexibility index (Phi) is 7.28. The molecule has 0 radical (unpaired) electrons. The van der Waals surface area contributed by atoms with Crippen molar-refractivity contribution in [3.63, 3.8) is 0 Å². The lowest BCUT2D eigenvalue weighted by Gasteiger charge is -2.21. The molecule has 160 valence electrons. The summed E-state index contributed by atoms with van der Waals surface area (Å²) in [6, 6.07) is 16.4. The summed E-state index contributed by atoms with van der Waals surface area (Å²) in [6.45, 7) is 0. The monoisotopic (exact) mass is 495 g/mol. The Morgan fingerprint density at radius 3 is 2.10 bits per heavy atom. The average Bonchev–Trinajstić information content (AvgIpc) is 2.74. The van der Waals surface area contributed by atoms with Crippen LogP contribution in [-0.2, 0) is 14.8 Å². The number of nitrogens with zero attached hydrogens (tertiary/aromatic N) is 1. The number of carbonyl (C=O) groups is 1. The first-order chi connectivity index (χ1) is 14.7. The smallest absolute Gasteiger partial charge is 0.271 e. The van der Waals surface area contributed by atoms with Crippen molar-refractivity contribution in [1.29, 1.82) is 0 Å². The lowest BCUT2D eigenvalue weighted by molar-refractivity contribution is -0.113. The topological polar surface area (TPSA) is 63.7 Å². The van der Waals surface area contributed by atoms with Gasteiger partial charge >= 0.3 is 0 Å². The molecule has 3 aromatic carbocycles. The minimum Gasteiger partial charge on any atom is -0.497 e. The van der Waals surface area contributed by atoms with Crippen molar-refractivity contribution in [3.05, 3.63) is 93.4 Å². The Morgan fingerprint density at radius 1 is 0.903 bits per heavy atom. The third kappa shape index (κ3) is 5.40. The molecule has 0 fully saturated rings. The van der Waals surface area contributed by atoms with Gasteiger partial charge < -0.3 is 4.74 Å². The lowest BCUT2D eigenvalue weighted by Crippen LogP contribution is -2.35. The third-order valence-corrected chi connectivity index (χ3v) is 6.78. The number of methoxy groups -OCH3 is 1. The van der Waals surface area contributed by atoms with Crippen molar-refractivity contribution in [3.8, 4) is 5.75 Å². The van der Waals surface area contributed by atoms with E-state index >= 15 is 0 Å². The molecule has 0 aliphatic heterocycles. The summed E-state index contributed by atoms with van der Waals surface area (Å²) < 4.78 is 32.5. The zero-order chi connectivity index (χ0) is 22.6. The molecule has 0 aliphatic rings. The van der Waals surface area contributed by atoms with E-state index in [9.17, 15) is 13.2 Å². The van der Waals surface area contributed by atoms with Crippen molar-refractivity contribution in [2.75, 3.05) is 11.4 Å². The highest BCUT2D eigenvalue weighted by Gasteiger charge is 2.29. The van der Waals surface area contributed by atoms with Crippen LogP contribution in [0.2, 0.25) is 15.1 Å². The largest absolute Gasteiger partial charge is 0.497 e. The second kappa shape index (κ2) is 9.75. The summed E-state index contributed by atoms with van der Waals surface area (Å²) in [6.07, 6.45) is 2.56. The van der Waals surface area contributed by atoms with E-state index in [1.807, 2.05) is 0 Å². The van der Waals surface area contributed by atoms with Gasteiger partial charge in [0.15, 0.2) is 0 Å². The molecule has 0 N–H and O–H groups in total. The maximum Gasteiger partial charge on any atom is 0.271 e. The van der Waals surface area contributed by atoms with Crippen molar-refractivity contribution in [2.24, 2.45) is 0 Å². The van der Waals surface area contributed by atoms with E-state index in [0.717, 1.165) is 6.08 Å². The van der Waals surface area contributed by atoms with Gasteiger partial charge in [0, 0.05) is 21.1 Å². The average molecular weight is 497 g/mol. The molecular weight excluding hydrogens is 481 g/mol. The molecule has 0 aromatic heterocycles. The van der Waals surface area contributed by atoms with Gasteiger partial charge in [-0.2, -0.15) is 4.31 Å². The number of amides is 1. The summed E-state index contributed by atoms with van der Waals surface area (Å²) in [7, 11) is -2.74. The highest BCUT2D eigenvalue weighted by Crippen LogP contribution is 2.28. The minimum atomic E-state index is -4.23. The number of benzene rings is 3. The molecule has 9 heteroatoms. The van der Waals surface area contributed by atoms with E-state index in [0.29, 0.717) is 30.7 Å². The highest BCUT2D eigenvalue weighted by atomic mass is 35.5. The standard InChI is InChI=1S/C22H16Cl3NO4S/c1-30-19-9-7-18(8-10-19)26(31(28,29)20-11-5-16(23)6-12-20)22(27)13-3-15-2-4-17(24)14-21(15)25/h2-14H,1H3/b13-3+. The number of sulfonamides is 1. The van der Waals surface area contributed by atoms with Crippen LogP contribution in [0, 0.1) is 0 Å². The second-order valence-electron chi connectivity index (χ2n) is 6.26. The molecule has 3 rings (SSSR count). The molecule has 0 aliphatic carbocycles. The number of hydrogen-bond donors (Lipinski definition) is 0. The summed E-state index contributed by atoms with van der Waals surface area (Å²) >= 11 is 17.9. The van der Waals surface area contributed by atoms with E-state index in [-0.39, 0.29) is 10.6 Å². The maximum absolute atomic E-state index is 13.3. The van der Waals surface area contributed by atoms with Crippen LogP contribution in [0.4, 0.5) is 5.69 Å². The maximum atomic E-state index is 13.3. The van der Waals surface area contributed by atoms with Gasteiger partial charge in [-0.25, -0.2) is 8.42 Å². The Bertz CT molecular complexity index is 1220. The Hall–Kier alpha value is -2.51. The first-order valence-electron chi connectivity index (χ1n) is 8.84. The van der Waals surface area contributed by atoms with Crippen LogP contribution in [0.5, 0.6) is 5.75 Å². The molecule has 0 saturated heterocycles. The van der Waals surface area contributed by atoms with Crippen LogP contribution in [0.3, 0.4) is 0 Å². The zero-order valence-corrected chi connectivity index (χ0v) is 19.2. The molecule has 1 amide bonds. The van der Waals surface area contributed by atoms with Crippen LogP contribution in [0.25, 0.3) is 6.08 Å². The van der Waals surface area contributed by atoms with Crippen molar-refractivity contribution in [2.45, 2.75) is 4.90 Å². The van der Waals surface area contributed by atoms with E-state index < -0.39 is 15.9 Å². The van der Waals surface area contributed by atoms with Crippen LogP contribution in [-0.4, -0.2) is 21.4 Å². The Morgan fingerprint density at radius 2 is 1.52 bits per heavy atom. The van der Waals surface area contributed by atoms with E-state index in [2.05, 4.69) is 0 Å². The van der Waals surface area contributed by atoms with Gasteiger partial charge in [-0.1, -0.05) is 40.9 Å². The summed E-state index contributed by atoms with van der Waals surface area (Å²) in [4.78, 5) is 13.0. The Balaban J connectivity index is 2.05. The van der Waals surface area contributed by atoms with Crippen LogP contribution in [0.1, 0.15) is 5.56 Å². The molecule has 0 spiro atoms.